The number of pyridine rings is 1. The molecular weight excluding hydrogens is 289 g/mol. The first-order chi connectivity index (χ1) is 9.54. The SMILES string of the molecule is Cc1cc(C)cc(-c2cc(Cl)c3c(Cl)cccc3n2)c1. The van der Waals surface area contributed by atoms with E-state index in [0.29, 0.717) is 10.0 Å². The van der Waals surface area contributed by atoms with E-state index in [0.717, 1.165) is 22.2 Å². The Morgan fingerprint density at radius 3 is 2.25 bits per heavy atom. The van der Waals surface area contributed by atoms with E-state index in [2.05, 4.69) is 37.0 Å². The van der Waals surface area contributed by atoms with E-state index >= 15 is 0 Å². The minimum absolute atomic E-state index is 0.631. The van der Waals surface area contributed by atoms with Crippen LogP contribution in [0.4, 0.5) is 0 Å². The molecule has 0 aliphatic carbocycles. The molecule has 3 aromatic rings. The number of hydrogen-bond donors (Lipinski definition) is 0. The Morgan fingerprint density at radius 2 is 1.55 bits per heavy atom. The van der Waals surface area contributed by atoms with Crippen LogP contribution in [0.1, 0.15) is 11.1 Å². The van der Waals surface area contributed by atoms with Gasteiger partial charge in [0.1, 0.15) is 0 Å². The Balaban J connectivity index is 2.27. The maximum absolute atomic E-state index is 6.37. The van der Waals surface area contributed by atoms with Crippen molar-refractivity contribution in [1.29, 1.82) is 0 Å². The maximum Gasteiger partial charge on any atom is 0.0739 e. The van der Waals surface area contributed by atoms with Gasteiger partial charge in [-0.25, -0.2) is 4.98 Å². The lowest BCUT2D eigenvalue weighted by Gasteiger charge is -2.08. The molecule has 1 heterocycles. The summed E-state index contributed by atoms with van der Waals surface area (Å²) in [4.78, 5) is 4.68. The molecule has 3 rings (SSSR count). The van der Waals surface area contributed by atoms with Crippen molar-refractivity contribution in [3.8, 4) is 11.3 Å². The smallest absolute Gasteiger partial charge is 0.0739 e. The molecule has 0 saturated heterocycles. The molecular formula is C17H13Cl2N. The number of hydrogen-bond acceptors (Lipinski definition) is 1. The predicted molar refractivity (Wildman–Crippen MR) is 86.7 cm³/mol. The normalized spacial score (nSPS) is 11.0. The molecule has 1 aromatic heterocycles. The fourth-order valence-electron chi connectivity index (χ4n) is 2.47. The first kappa shape index (κ1) is 13.4. The number of aryl methyl sites for hydroxylation is 2. The number of fused-ring (bicyclic) bond motifs is 1. The molecule has 0 fully saturated rings. The molecule has 0 bridgehead atoms. The Morgan fingerprint density at radius 1 is 0.850 bits per heavy atom. The third-order valence-electron chi connectivity index (χ3n) is 3.25. The highest BCUT2D eigenvalue weighted by molar-refractivity contribution is 6.42. The molecule has 3 heteroatoms. The van der Waals surface area contributed by atoms with Crippen LogP contribution in [-0.4, -0.2) is 4.98 Å². The van der Waals surface area contributed by atoms with E-state index in [1.165, 1.54) is 11.1 Å². The van der Waals surface area contributed by atoms with Crippen molar-refractivity contribution in [3.05, 3.63) is 63.6 Å². The molecule has 1 nitrogen and oxygen atoms in total. The molecule has 0 atom stereocenters. The van der Waals surface area contributed by atoms with Crippen LogP contribution in [0.2, 0.25) is 10.0 Å². The topological polar surface area (TPSA) is 12.9 Å². The molecule has 0 radical (unpaired) electrons. The summed E-state index contributed by atoms with van der Waals surface area (Å²) >= 11 is 12.6. The summed E-state index contributed by atoms with van der Waals surface area (Å²) in [5.74, 6) is 0. The highest BCUT2D eigenvalue weighted by atomic mass is 35.5. The van der Waals surface area contributed by atoms with Crippen molar-refractivity contribution < 1.29 is 0 Å². The maximum atomic E-state index is 6.37. The van der Waals surface area contributed by atoms with Crippen LogP contribution >= 0.6 is 23.2 Å². The second-order valence-corrected chi connectivity index (χ2v) is 5.81. The van der Waals surface area contributed by atoms with Crippen molar-refractivity contribution in [2.45, 2.75) is 13.8 Å². The summed E-state index contributed by atoms with van der Waals surface area (Å²) < 4.78 is 0. The summed E-state index contributed by atoms with van der Waals surface area (Å²) in [6, 6.07) is 13.9. The zero-order valence-electron chi connectivity index (χ0n) is 11.2. The van der Waals surface area contributed by atoms with E-state index in [1.807, 2.05) is 24.3 Å². The van der Waals surface area contributed by atoms with Gasteiger partial charge in [-0.1, -0.05) is 46.5 Å². The van der Waals surface area contributed by atoms with Crippen molar-refractivity contribution in [2.75, 3.05) is 0 Å². The van der Waals surface area contributed by atoms with Gasteiger partial charge in [0.2, 0.25) is 0 Å². The molecule has 100 valence electrons. The summed E-state index contributed by atoms with van der Waals surface area (Å²) in [7, 11) is 0. The number of halogens is 2. The average Bonchev–Trinajstić information content (AvgIpc) is 2.37. The molecule has 0 aliphatic rings. The summed E-state index contributed by atoms with van der Waals surface area (Å²) in [6.07, 6.45) is 0. The Hall–Kier alpha value is -1.57. The molecule has 0 unspecified atom stereocenters. The zero-order valence-corrected chi connectivity index (χ0v) is 12.8. The standard InChI is InChI=1S/C17H13Cl2N/c1-10-6-11(2)8-12(7-10)16-9-14(19)17-13(18)4-3-5-15(17)20-16/h3-9H,1-2H3. The third-order valence-corrected chi connectivity index (χ3v) is 3.87. The Labute approximate surface area is 128 Å². The molecule has 2 aromatic carbocycles. The second kappa shape index (κ2) is 5.08. The van der Waals surface area contributed by atoms with Crippen LogP contribution in [0.5, 0.6) is 0 Å². The van der Waals surface area contributed by atoms with Gasteiger partial charge in [-0.3, -0.25) is 0 Å². The first-order valence-electron chi connectivity index (χ1n) is 6.38. The van der Waals surface area contributed by atoms with Crippen LogP contribution < -0.4 is 0 Å². The Kier molecular flexibility index (Phi) is 3.41. The highest BCUT2D eigenvalue weighted by Gasteiger charge is 2.09. The molecule has 0 spiro atoms. The molecule has 0 amide bonds. The molecule has 0 N–H and O–H groups in total. The highest BCUT2D eigenvalue weighted by Crippen LogP contribution is 2.33. The van der Waals surface area contributed by atoms with Gasteiger partial charge in [-0.15, -0.1) is 0 Å². The van der Waals surface area contributed by atoms with E-state index < -0.39 is 0 Å². The average molecular weight is 302 g/mol. The summed E-state index contributed by atoms with van der Waals surface area (Å²) in [6.45, 7) is 4.16. The van der Waals surface area contributed by atoms with Crippen molar-refractivity contribution >= 4 is 34.1 Å². The summed E-state index contributed by atoms with van der Waals surface area (Å²) in [5.41, 5.74) is 5.19. The quantitative estimate of drug-likeness (QED) is 0.551. The zero-order chi connectivity index (χ0) is 14.3. The third kappa shape index (κ3) is 2.39. The van der Waals surface area contributed by atoms with Gasteiger partial charge < -0.3 is 0 Å². The van der Waals surface area contributed by atoms with Crippen molar-refractivity contribution in [1.82, 2.24) is 4.98 Å². The monoisotopic (exact) mass is 301 g/mol. The van der Waals surface area contributed by atoms with Gasteiger partial charge in [0.05, 0.1) is 21.3 Å². The van der Waals surface area contributed by atoms with Crippen LogP contribution in [-0.2, 0) is 0 Å². The van der Waals surface area contributed by atoms with Crippen LogP contribution in [0.15, 0.2) is 42.5 Å². The lowest BCUT2D eigenvalue weighted by molar-refractivity contribution is 1.34. The molecule has 0 aliphatic heterocycles. The Bertz CT molecular complexity index is 789. The predicted octanol–water partition coefficient (Wildman–Crippen LogP) is 5.83. The largest absolute Gasteiger partial charge is 0.248 e. The van der Waals surface area contributed by atoms with Crippen molar-refractivity contribution in [2.24, 2.45) is 0 Å². The number of benzene rings is 2. The van der Waals surface area contributed by atoms with Gasteiger partial charge in [0.15, 0.2) is 0 Å². The van der Waals surface area contributed by atoms with E-state index in [1.54, 1.807) is 0 Å². The fraction of sp³-hybridized carbons (Fsp3) is 0.118. The van der Waals surface area contributed by atoms with Gasteiger partial charge >= 0.3 is 0 Å². The minimum atomic E-state index is 0.631. The van der Waals surface area contributed by atoms with Gasteiger partial charge in [-0.2, -0.15) is 0 Å². The van der Waals surface area contributed by atoms with Gasteiger partial charge in [-0.05, 0) is 44.2 Å². The lowest BCUT2D eigenvalue weighted by Crippen LogP contribution is -1.89. The van der Waals surface area contributed by atoms with E-state index in [4.69, 9.17) is 23.2 Å². The van der Waals surface area contributed by atoms with Crippen LogP contribution in [0.3, 0.4) is 0 Å². The summed E-state index contributed by atoms with van der Waals surface area (Å²) in [5, 5.41) is 2.07. The molecule has 0 saturated carbocycles. The van der Waals surface area contributed by atoms with E-state index in [-0.39, 0.29) is 0 Å². The number of nitrogens with zero attached hydrogens (tertiary/aromatic N) is 1. The number of rotatable bonds is 1. The number of aromatic nitrogens is 1. The minimum Gasteiger partial charge on any atom is -0.248 e. The van der Waals surface area contributed by atoms with Crippen LogP contribution in [0, 0.1) is 13.8 Å². The first-order valence-corrected chi connectivity index (χ1v) is 7.13. The van der Waals surface area contributed by atoms with Crippen molar-refractivity contribution in [3.63, 3.8) is 0 Å². The van der Waals surface area contributed by atoms with Gasteiger partial charge in [0, 0.05) is 10.9 Å². The fourth-order valence-corrected chi connectivity index (χ4v) is 3.09. The lowest BCUT2D eigenvalue weighted by atomic mass is 10.0. The molecule has 20 heavy (non-hydrogen) atoms. The van der Waals surface area contributed by atoms with Gasteiger partial charge in [0.25, 0.3) is 0 Å². The second-order valence-electron chi connectivity index (χ2n) is 5.00. The van der Waals surface area contributed by atoms with Crippen LogP contribution in [0.25, 0.3) is 22.2 Å². The van der Waals surface area contributed by atoms with E-state index in [9.17, 15) is 0 Å².